The number of benzene rings is 10. The third kappa shape index (κ3) is 5.37. The maximum atomic E-state index is 6.78. The first-order valence-electron chi connectivity index (χ1n) is 21.1. The Hall–Kier alpha value is -7.92. The van der Waals surface area contributed by atoms with Gasteiger partial charge in [-0.2, -0.15) is 0 Å². The van der Waals surface area contributed by atoms with Crippen LogP contribution < -0.4 is 4.90 Å². The first-order valence-corrected chi connectivity index (χ1v) is 21.9. The Morgan fingerprint density at radius 1 is 0.403 bits per heavy atom. The van der Waals surface area contributed by atoms with E-state index in [4.69, 9.17) is 4.42 Å². The Balaban J connectivity index is 0.938. The predicted molar refractivity (Wildman–Crippen MR) is 264 cm³/mol. The van der Waals surface area contributed by atoms with E-state index in [-0.39, 0.29) is 0 Å². The lowest BCUT2D eigenvalue weighted by Crippen LogP contribution is -2.10. The van der Waals surface area contributed by atoms with Gasteiger partial charge in [0.15, 0.2) is 5.58 Å². The number of nitrogens with zero attached hydrogens (tertiary/aromatic N) is 2. The van der Waals surface area contributed by atoms with E-state index in [2.05, 4.69) is 228 Å². The van der Waals surface area contributed by atoms with Crippen LogP contribution in [0.2, 0.25) is 0 Å². The molecule has 62 heavy (non-hydrogen) atoms. The van der Waals surface area contributed by atoms with Crippen molar-refractivity contribution in [3.8, 4) is 33.4 Å². The fourth-order valence-electron chi connectivity index (χ4n) is 9.72. The molecule has 0 N–H and O–H groups in total. The fourth-order valence-corrected chi connectivity index (χ4v) is 10.9. The molecule has 0 fully saturated rings. The van der Waals surface area contributed by atoms with E-state index in [9.17, 15) is 0 Å². The van der Waals surface area contributed by atoms with Crippen LogP contribution in [0.3, 0.4) is 0 Å². The highest BCUT2D eigenvalue weighted by molar-refractivity contribution is 7.26. The highest BCUT2D eigenvalue weighted by Crippen LogP contribution is 2.46. The van der Waals surface area contributed by atoms with Crippen LogP contribution in [0, 0.1) is 0 Å². The van der Waals surface area contributed by atoms with Gasteiger partial charge in [0.1, 0.15) is 0 Å². The van der Waals surface area contributed by atoms with E-state index in [1.54, 1.807) is 0 Å². The molecule has 3 heterocycles. The predicted octanol–water partition coefficient (Wildman–Crippen LogP) is 17.0. The SMILES string of the molecule is c1ccc2c(-c3ccc(N(c4ccc(-c5ccc6oc7c(-c8cccc9ccccc89)c8ccccc8n7c6c5)cc4)c4cccc5c4sc4ccccc45)cc3)cccc2c1. The zero-order valence-corrected chi connectivity index (χ0v) is 34.3. The smallest absolute Gasteiger partial charge is 0.213 e. The lowest BCUT2D eigenvalue weighted by molar-refractivity contribution is 0.658. The topological polar surface area (TPSA) is 20.8 Å². The van der Waals surface area contributed by atoms with E-state index in [0.717, 1.165) is 56.1 Å². The summed E-state index contributed by atoms with van der Waals surface area (Å²) in [4.78, 5) is 2.41. The van der Waals surface area contributed by atoms with Gasteiger partial charge in [-0.05, 0) is 104 Å². The molecule has 10 aromatic carbocycles. The summed E-state index contributed by atoms with van der Waals surface area (Å²) in [6, 6.07) is 79.1. The van der Waals surface area contributed by atoms with Crippen LogP contribution in [-0.2, 0) is 0 Å². The average molecular weight is 809 g/mol. The number of hydrogen-bond acceptors (Lipinski definition) is 3. The van der Waals surface area contributed by atoms with Gasteiger partial charge in [0.25, 0.3) is 0 Å². The molecule has 0 amide bonds. The van der Waals surface area contributed by atoms with Crippen molar-refractivity contribution in [3.05, 3.63) is 218 Å². The van der Waals surface area contributed by atoms with Crippen LogP contribution in [0.1, 0.15) is 0 Å². The summed E-state index contributed by atoms with van der Waals surface area (Å²) < 4.78 is 11.6. The van der Waals surface area contributed by atoms with E-state index in [0.29, 0.717) is 0 Å². The summed E-state index contributed by atoms with van der Waals surface area (Å²) in [5.41, 5.74) is 14.3. The summed E-state index contributed by atoms with van der Waals surface area (Å²) in [5, 5.41) is 8.68. The molecule has 0 unspecified atom stereocenters. The quantitative estimate of drug-likeness (QED) is 0.167. The second-order valence-corrected chi connectivity index (χ2v) is 17.1. The molecule has 0 aliphatic carbocycles. The highest BCUT2D eigenvalue weighted by atomic mass is 32.1. The Labute approximate surface area is 361 Å². The van der Waals surface area contributed by atoms with E-state index in [1.165, 1.54) is 63.8 Å². The van der Waals surface area contributed by atoms with Crippen LogP contribution in [-0.4, -0.2) is 4.40 Å². The number of anilines is 3. The third-order valence-electron chi connectivity index (χ3n) is 12.6. The van der Waals surface area contributed by atoms with Crippen molar-refractivity contribution in [1.82, 2.24) is 4.40 Å². The van der Waals surface area contributed by atoms with Crippen molar-refractivity contribution in [2.45, 2.75) is 0 Å². The molecule has 0 spiro atoms. The molecule has 0 bridgehead atoms. The lowest BCUT2D eigenvalue weighted by atomic mass is 9.98. The van der Waals surface area contributed by atoms with Crippen molar-refractivity contribution in [2.24, 2.45) is 0 Å². The number of aromatic nitrogens is 1. The van der Waals surface area contributed by atoms with Crippen molar-refractivity contribution in [3.63, 3.8) is 0 Å². The average Bonchev–Trinajstić information content (AvgIpc) is 4.01. The number of fused-ring (bicyclic) bond motifs is 10. The molecular weight excluding hydrogens is 773 g/mol. The second-order valence-electron chi connectivity index (χ2n) is 16.1. The molecule has 4 heteroatoms. The minimum absolute atomic E-state index is 0.863. The van der Waals surface area contributed by atoms with Gasteiger partial charge in [0.2, 0.25) is 5.71 Å². The first-order chi connectivity index (χ1) is 30.7. The minimum Gasteiger partial charge on any atom is -0.438 e. The van der Waals surface area contributed by atoms with Gasteiger partial charge < -0.3 is 9.32 Å². The van der Waals surface area contributed by atoms with E-state index in [1.807, 2.05) is 11.3 Å². The lowest BCUT2D eigenvalue weighted by Gasteiger charge is -2.26. The summed E-state index contributed by atoms with van der Waals surface area (Å²) in [6.45, 7) is 0. The second kappa shape index (κ2) is 13.8. The molecule has 0 radical (unpaired) electrons. The van der Waals surface area contributed by atoms with Crippen molar-refractivity contribution in [2.75, 3.05) is 4.90 Å². The van der Waals surface area contributed by atoms with Crippen molar-refractivity contribution < 1.29 is 4.42 Å². The molecule has 3 nitrogen and oxygen atoms in total. The Bertz CT molecular complexity index is 3860. The number of para-hydroxylation sites is 1. The molecule has 13 rings (SSSR count). The summed E-state index contributed by atoms with van der Waals surface area (Å²) in [6.07, 6.45) is 0. The third-order valence-corrected chi connectivity index (χ3v) is 13.8. The number of hydrogen-bond donors (Lipinski definition) is 0. The number of thiophene rings is 1. The monoisotopic (exact) mass is 808 g/mol. The molecule has 13 aromatic rings. The van der Waals surface area contributed by atoms with Crippen LogP contribution in [0.15, 0.2) is 223 Å². The van der Waals surface area contributed by atoms with Crippen molar-refractivity contribution >= 4 is 97.8 Å². The molecular formula is C58H36N2OS. The molecule has 290 valence electrons. The standard InChI is InChI=1S/C58H36N2OS/c1-3-16-44-38(12-1)14-9-20-45(44)40-28-33-43(34-29-40)59(52-24-11-22-49-47-18-6-8-25-55(47)62-57(49)52)42-31-26-37(27-32-42)41-30-35-54-53(36-41)60-51-23-7-5-19-50(51)56(58(60)61-54)48-21-10-15-39-13-2-4-17-46(39)48/h1-36H. The van der Waals surface area contributed by atoms with Crippen LogP contribution >= 0.6 is 11.3 Å². The van der Waals surface area contributed by atoms with Gasteiger partial charge in [-0.25, -0.2) is 0 Å². The minimum atomic E-state index is 0.863. The number of rotatable bonds is 6. The molecule has 0 aliphatic rings. The molecule has 3 aromatic heterocycles. The Morgan fingerprint density at radius 3 is 1.73 bits per heavy atom. The maximum Gasteiger partial charge on any atom is 0.213 e. The van der Waals surface area contributed by atoms with Crippen LogP contribution in [0.5, 0.6) is 0 Å². The Morgan fingerprint density at radius 2 is 0.968 bits per heavy atom. The molecule has 0 saturated carbocycles. The van der Waals surface area contributed by atoms with Gasteiger partial charge in [-0.15, -0.1) is 11.3 Å². The van der Waals surface area contributed by atoms with E-state index < -0.39 is 0 Å². The Kier molecular flexibility index (Phi) is 7.78. The van der Waals surface area contributed by atoms with Crippen LogP contribution in [0.4, 0.5) is 17.1 Å². The molecule has 0 saturated heterocycles. The van der Waals surface area contributed by atoms with Gasteiger partial charge in [0.05, 0.1) is 27.0 Å². The summed E-state index contributed by atoms with van der Waals surface area (Å²) in [7, 11) is 0. The fraction of sp³-hybridized carbons (Fsp3) is 0. The van der Waals surface area contributed by atoms with Gasteiger partial charge in [0, 0.05) is 32.2 Å². The normalized spacial score (nSPS) is 11.9. The van der Waals surface area contributed by atoms with Gasteiger partial charge in [-0.3, -0.25) is 4.40 Å². The largest absolute Gasteiger partial charge is 0.438 e. The van der Waals surface area contributed by atoms with Crippen LogP contribution in [0.25, 0.3) is 103 Å². The summed E-state index contributed by atoms with van der Waals surface area (Å²) >= 11 is 1.86. The zero-order chi connectivity index (χ0) is 40.7. The first kappa shape index (κ1) is 34.9. The molecule has 0 aliphatic heterocycles. The zero-order valence-electron chi connectivity index (χ0n) is 33.5. The maximum absolute atomic E-state index is 6.78. The number of oxazole rings is 1. The summed E-state index contributed by atoms with van der Waals surface area (Å²) in [5.74, 6) is 0. The van der Waals surface area contributed by atoms with Gasteiger partial charge >= 0.3 is 0 Å². The highest BCUT2D eigenvalue weighted by Gasteiger charge is 2.22. The van der Waals surface area contributed by atoms with Crippen molar-refractivity contribution in [1.29, 1.82) is 0 Å². The van der Waals surface area contributed by atoms with E-state index >= 15 is 0 Å². The molecule has 0 atom stereocenters. The van der Waals surface area contributed by atoms with Gasteiger partial charge in [-0.1, -0.05) is 164 Å².